The fourth-order valence-corrected chi connectivity index (χ4v) is 0.996. The van der Waals surface area contributed by atoms with Gasteiger partial charge in [0.2, 0.25) is 10.9 Å². The van der Waals surface area contributed by atoms with E-state index in [1.54, 1.807) is 6.92 Å². The molecule has 0 atom stereocenters. The van der Waals surface area contributed by atoms with Crippen LogP contribution in [0.2, 0.25) is 10.6 Å². The standard InChI is InChI=1S/C6H5Cl2NO3/c1-2-11-5(10)3-4(7)12-6(8)9-3/h2H2,1H3. The highest BCUT2D eigenvalue weighted by atomic mass is 35.5. The quantitative estimate of drug-likeness (QED) is 0.701. The zero-order chi connectivity index (χ0) is 9.14. The summed E-state index contributed by atoms with van der Waals surface area (Å²) in [6, 6.07) is 0. The van der Waals surface area contributed by atoms with Crippen molar-refractivity contribution in [1.82, 2.24) is 4.98 Å². The first kappa shape index (κ1) is 9.35. The van der Waals surface area contributed by atoms with Gasteiger partial charge in [-0.25, -0.2) is 4.79 Å². The van der Waals surface area contributed by atoms with Crippen LogP contribution in [0.5, 0.6) is 0 Å². The van der Waals surface area contributed by atoms with Gasteiger partial charge in [-0.15, -0.1) is 0 Å². The molecule has 0 saturated heterocycles. The molecule has 66 valence electrons. The van der Waals surface area contributed by atoms with Crippen molar-refractivity contribution in [1.29, 1.82) is 0 Å². The molecule has 0 fully saturated rings. The molecule has 0 aromatic carbocycles. The van der Waals surface area contributed by atoms with Gasteiger partial charge >= 0.3 is 5.97 Å². The van der Waals surface area contributed by atoms with Crippen molar-refractivity contribution in [2.24, 2.45) is 0 Å². The van der Waals surface area contributed by atoms with E-state index >= 15 is 0 Å². The van der Waals surface area contributed by atoms with E-state index in [0.29, 0.717) is 0 Å². The van der Waals surface area contributed by atoms with Gasteiger partial charge in [0.25, 0.3) is 5.35 Å². The SMILES string of the molecule is CCOC(=O)c1nc(Cl)oc1Cl. The van der Waals surface area contributed by atoms with Crippen LogP contribution in [0.25, 0.3) is 0 Å². The van der Waals surface area contributed by atoms with Crippen molar-refractivity contribution in [3.63, 3.8) is 0 Å². The Hall–Kier alpha value is -0.740. The van der Waals surface area contributed by atoms with Gasteiger partial charge < -0.3 is 9.15 Å². The van der Waals surface area contributed by atoms with Crippen molar-refractivity contribution >= 4 is 29.2 Å². The Morgan fingerprint density at radius 2 is 2.33 bits per heavy atom. The normalized spacial score (nSPS) is 9.92. The molecular formula is C6H5Cl2NO3. The van der Waals surface area contributed by atoms with Gasteiger partial charge in [-0.1, -0.05) is 0 Å². The molecule has 1 rings (SSSR count). The minimum absolute atomic E-state index is 0.0940. The number of halogens is 2. The second-order valence-electron chi connectivity index (χ2n) is 1.81. The Balaban J connectivity index is 2.87. The number of aromatic nitrogens is 1. The molecule has 0 aliphatic rings. The van der Waals surface area contributed by atoms with E-state index in [2.05, 4.69) is 14.1 Å². The smallest absolute Gasteiger partial charge is 0.362 e. The molecule has 1 heterocycles. The van der Waals surface area contributed by atoms with Crippen molar-refractivity contribution in [3.8, 4) is 0 Å². The zero-order valence-corrected chi connectivity index (χ0v) is 7.65. The zero-order valence-electron chi connectivity index (χ0n) is 6.13. The predicted octanol–water partition coefficient (Wildman–Crippen LogP) is 2.16. The Morgan fingerprint density at radius 1 is 1.67 bits per heavy atom. The molecule has 0 aliphatic carbocycles. The van der Waals surface area contributed by atoms with E-state index in [4.69, 9.17) is 23.2 Å². The van der Waals surface area contributed by atoms with Crippen molar-refractivity contribution < 1.29 is 13.9 Å². The lowest BCUT2D eigenvalue weighted by molar-refractivity contribution is 0.0519. The van der Waals surface area contributed by atoms with Crippen LogP contribution in [0.1, 0.15) is 17.4 Å². The van der Waals surface area contributed by atoms with Crippen LogP contribution < -0.4 is 0 Å². The number of hydrogen-bond donors (Lipinski definition) is 0. The number of esters is 1. The van der Waals surface area contributed by atoms with E-state index in [0.717, 1.165) is 0 Å². The summed E-state index contributed by atoms with van der Waals surface area (Å²) >= 11 is 10.8. The van der Waals surface area contributed by atoms with Gasteiger partial charge in [-0.3, -0.25) is 0 Å². The number of carbonyl (C=O) groups excluding carboxylic acids is 1. The summed E-state index contributed by atoms with van der Waals surface area (Å²) in [7, 11) is 0. The van der Waals surface area contributed by atoms with E-state index in [9.17, 15) is 4.79 Å². The largest absolute Gasteiger partial charge is 0.461 e. The molecule has 0 aliphatic heterocycles. The lowest BCUT2D eigenvalue weighted by Gasteiger charge is -1.95. The number of ether oxygens (including phenoxy) is 1. The molecule has 0 bridgehead atoms. The monoisotopic (exact) mass is 209 g/mol. The Bertz CT molecular complexity index is 297. The second-order valence-corrected chi connectivity index (χ2v) is 2.48. The molecule has 0 radical (unpaired) electrons. The third kappa shape index (κ3) is 1.89. The average molecular weight is 210 g/mol. The van der Waals surface area contributed by atoms with E-state index in [1.165, 1.54) is 0 Å². The topological polar surface area (TPSA) is 52.3 Å². The Morgan fingerprint density at radius 3 is 2.75 bits per heavy atom. The van der Waals surface area contributed by atoms with Gasteiger partial charge in [0.15, 0.2) is 0 Å². The highest BCUT2D eigenvalue weighted by Crippen LogP contribution is 2.20. The third-order valence-corrected chi connectivity index (χ3v) is 1.45. The summed E-state index contributed by atoms with van der Waals surface area (Å²) in [6.07, 6.45) is 0. The maximum atomic E-state index is 11.0. The fraction of sp³-hybridized carbons (Fsp3) is 0.333. The molecule has 1 aromatic rings. The van der Waals surface area contributed by atoms with E-state index < -0.39 is 5.97 Å². The first-order valence-corrected chi connectivity index (χ1v) is 3.89. The molecule has 0 unspecified atom stereocenters. The molecule has 6 heteroatoms. The van der Waals surface area contributed by atoms with Crippen molar-refractivity contribution in [2.75, 3.05) is 6.61 Å². The summed E-state index contributed by atoms with van der Waals surface area (Å²) in [5.74, 6) is -0.641. The summed E-state index contributed by atoms with van der Waals surface area (Å²) in [4.78, 5) is 14.5. The van der Waals surface area contributed by atoms with Gasteiger partial charge in [0.05, 0.1) is 6.61 Å². The van der Waals surface area contributed by atoms with Crippen LogP contribution in [0.15, 0.2) is 4.42 Å². The van der Waals surface area contributed by atoms with Crippen LogP contribution in [0.3, 0.4) is 0 Å². The molecule has 0 saturated carbocycles. The summed E-state index contributed by atoms with van der Waals surface area (Å²) in [6.45, 7) is 1.92. The maximum Gasteiger partial charge on any atom is 0.362 e. The van der Waals surface area contributed by atoms with Gasteiger partial charge in [0.1, 0.15) is 0 Å². The highest BCUT2D eigenvalue weighted by molar-refractivity contribution is 6.33. The van der Waals surface area contributed by atoms with E-state index in [-0.39, 0.29) is 22.9 Å². The van der Waals surface area contributed by atoms with Gasteiger partial charge in [-0.05, 0) is 30.1 Å². The number of nitrogens with zero attached hydrogens (tertiary/aromatic N) is 1. The van der Waals surface area contributed by atoms with Gasteiger partial charge in [-0.2, -0.15) is 4.98 Å². The molecule has 0 spiro atoms. The first-order chi connectivity index (χ1) is 5.65. The highest BCUT2D eigenvalue weighted by Gasteiger charge is 2.18. The third-order valence-electron chi connectivity index (χ3n) is 1.03. The summed E-state index contributed by atoms with van der Waals surface area (Å²) in [5.41, 5.74) is -0.0940. The van der Waals surface area contributed by atoms with E-state index in [1.807, 2.05) is 0 Å². The lowest BCUT2D eigenvalue weighted by atomic mass is 10.5. The fourth-order valence-electron chi connectivity index (χ4n) is 0.602. The van der Waals surface area contributed by atoms with Crippen LogP contribution in [0.4, 0.5) is 0 Å². The maximum absolute atomic E-state index is 11.0. The number of hydrogen-bond acceptors (Lipinski definition) is 4. The second kappa shape index (κ2) is 3.78. The Labute approximate surface area is 78.4 Å². The molecule has 0 N–H and O–H groups in total. The Kier molecular flexibility index (Phi) is 2.94. The average Bonchev–Trinajstić information content (AvgIpc) is 2.30. The summed E-state index contributed by atoms with van der Waals surface area (Å²) < 4.78 is 9.22. The minimum Gasteiger partial charge on any atom is -0.461 e. The molecule has 0 amide bonds. The van der Waals surface area contributed by atoms with Crippen LogP contribution in [-0.2, 0) is 4.74 Å². The number of carbonyl (C=O) groups is 1. The lowest BCUT2D eigenvalue weighted by Crippen LogP contribution is -2.05. The van der Waals surface area contributed by atoms with Crippen molar-refractivity contribution in [3.05, 3.63) is 16.3 Å². The first-order valence-electron chi connectivity index (χ1n) is 3.14. The molecule has 1 aromatic heterocycles. The molecular weight excluding hydrogens is 205 g/mol. The van der Waals surface area contributed by atoms with Crippen LogP contribution in [0, 0.1) is 0 Å². The van der Waals surface area contributed by atoms with Crippen LogP contribution >= 0.6 is 23.2 Å². The predicted molar refractivity (Wildman–Crippen MR) is 42.5 cm³/mol. The van der Waals surface area contributed by atoms with Crippen LogP contribution in [-0.4, -0.2) is 17.6 Å². The minimum atomic E-state index is -0.641. The number of oxazole rings is 1. The molecule has 4 nitrogen and oxygen atoms in total. The number of rotatable bonds is 2. The summed E-state index contributed by atoms with van der Waals surface area (Å²) in [5, 5.41) is -0.332. The molecule has 12 heavy (non-hydrogen) atoms. The van der Waals surface area contributed by atoms with Gasteiger partial charge in [0, 0.05) is 0 Å². The van der Waals surface area contributed by atoms with Crippen molar-refractivity contribution in [2.45, 2.75) is 6.92 Å².